The van der Waals surface area contributed by atoms with Gasteiger partial charge < -0.3 is 14.7 Å². The van der Waals surface area contributed by atoms with Crippen molar-refractivity contribution in [3.8, 4) is 16.9 Å². The van der Waals surface area contributed by atoms with Gasteiger partial charge in [0, 0.05) is 18.9 Å². The number of halogens is 3. The summed E-state index contributed by atoms with van der Waals surface area (Å²) < 4.78 is 80.2. The molecule has 3 aromatic carbocycles. The van der Waals surface area contributed by atoms with E-state index in [-0.39, 0.29) is 27.7 Å². The number of aryl methyl sites for hydroxylation is 1. The average Bonchev–Trinajstić information content (AvgIpc) is 3.55. The third-order valence-corrected chi connectivity index (χ3v) is 8.95. The van der Waals surface area contributed by atoms with E-state index in [9.17, 15) is 36.4 Å². The first kappa shape index (κ1) is 40.1. The molecular weight excluding hydrogens is 721 g/mol. The molecule has 4 aromatic rings. The molecule has 0 radical (unpaired) electrons. The summed E-state index contributed by atoms with van der Waals surface area (Å²) in [6.45, 7) is 7.63. The van der Waals surface area contributed by atoms with E-state index in [4.69, 9.17) is 14.3 Å². The number of hydrazine groups is 1. The SMILES string of the molecule is Cc1ccc(-c2cc(C(F)(F)F)nn2-c2ccc(S(=O)(=O)NC(=O)OC[C@H](Cc3ccccc3)N(C)[N+]([O-])=NOC(C)OC(=O)C(C)(C)C)cc2)cc1. The van der Waals surface area contributed by atoms with E-state index < -0.39 is 58.3 Å². The highest BCUT2D eigenvalue weighted by Crippen LogP contribution is 2.33. The molecule has 14 nitrogen and oxygen atoms in total. The van der Waals surface area contributed by atoms with Gasteiger partial charge in [0.15, 0.2) is 5.69 Å². The van der Waals surface area contributed by atoms with E-state index in [0.717, 1.165) is 39.0 Å². The molecule has 1 unspecified atom stereocenters. The largest absolute Gasteiger partial charge is 0.569 e. The van der Waals surface area contributed by atoms with Crippen LogP contribution in [0.15, 0.2) is 95.1 Å². The van der Waals surface area contributed by atoms with E-state index in [1.165, 1.54) is 26.1 Å². The predicted octanol–water partition coefficient (Wildman–Crippen LogP) is 6.57. The van der Waals surface area contributed by atoms with E-state index in [1.807, 2.05) is 6.92 Å². The summed E-state index contributed by atoms with van der Waals surface area (Å²) in [6, 6.07) is 20.3. The van der Waals surface area contributed by atoms with Crippen LogP contribution in [0.25, 0.3) is 16.9 Å². The standard InChI is InChI=1S/C35H39F3N6O8S/c1-23-12-14-26(15-13-23)30-21-31(35(36,37)38)39-43(30)27-16-18-29(19-17-27)53(48,49)40-33(46)50-22-28(20-25-10-8-7-9-11-25)42(6)44(47)41-52-24(2)51-32(45)34(3,4)5/h7-19,21,24,28H,20,22H2,1-6H3,(H,40,46)/t24?,28-/m0/s1. The molecule has 0 aliphatic rings. The van der Waals surface area contributed by atoms with Gasteiger partial charge in [-0.15, -0.1) is 5.01 Å². The number of hydrogen-bond donors (Lipinski definition) is 1. The van der Waals surface area contributed by atoms with Crippen LogP contribution in [-0.2, 0) is 41.7 Å². The van der Waals surface area contributed by atoms with Crippen LogP contribution < -0.4 is 4.72 Å². The first-order chi connectivity index (χ1) is 24.7. The normalized spacial score (nSPS) is 13.5. The van der Waals surface area contributed by atoms with E-state index in [0.29, 0.717) is 5.56 Å². The van der Waals surface area contributed by atoms with Gasteiger partial charge in [-0.3, -0.25) is 9.63 Å². The Morgan fingerprint density at radius 1 is 1.02 bits per heavy atom. The predicted molar refractivity (Wildman–Crippen MR) is 184 cm³/mol. The molecule has 0 aliphatic carbocycles. The Labute approximate surface area is 304 Å². The Morgan fingerprint density at radius 2 is 1.64 bits per heavy atom. The lowest BCUT2D eigenvalue weighted by Gasteiger charge is -2.24. The second-order valence-electron chi connectivity index (χ2n) is 13.0. The minimum Gasteiger partial charge on any atom is -0.569 e. The Bertz CT molecular complexity index is 2020. The van der Waals surface area contributed by atoms with Gasteiger partial charge in [0.25, 0.3) is 16.3 Å². The van der Waals surface area contributed by atoms with Crippen molar-refractivity contribution < 1.29 is 50.5 Å². The summed E-state index contributed by atoms with van der Waals surface area (Å²) in [4.78, 5) is 29.5. The van der Waals surface area contributed by atoms with Crippen LogP contribution in [0.1, 0.15) is 44.5 Å². The molecule has 1 aromatic heterocycles. The maximum Gasteiger partial charge on any atom is 0.435 e. The van der Waals surface area contributed by atoms with Gasteiger partial charge in [-0.05, 0) is 63.6 Å². The van der Waals surface area contributed by atoms with Gasteiger partial charge in [-0.2, -0.15) is 18.3 Å². The molecule has 1 amide bonds. The first-order valence-corrected chi connectivity index (χ1v) is 17.6. The zero-order chi connectivity index (χ0) is 39.1. The van der Waals surface area contributed by atoms with Crippen molar-refractivity contribution in [3.63, 3.8) is 0 Å². The van der Waals surface area contributed by atoms with Crippen LogP contribution >= 0.6 is 0 Å². The Hall–Kier alpha value is -5.65. The van der Waals surface area contributed by atoms with E-state index >= 15 is 0 Å². The minimum absolute atomic E-state index is 0.0656. The molecule has 0 saturated heterocycles. The Morgan fingerprint density at radius 3 is 2.23 bits per heavy atom. The number of benzene rings is 3. The first-order valence-electron chi connectivity index (χ1n) is 16.1. The van der Waals surface area contributed by atoms with Crippen molar-refractivity contribution in [3.05, 3.63) is 107 Å². The van der Waals surface area contributed by atoms with Crippen LogP contribution in [0.5, 0.6) is 0 Å². The molecule has 0 spiro atoms. The molecule has 18 heteroatoms. The summed E-state index contributed by atoms with van der Waals surface area (Å²) in [6.07, 6.45) is -7.15. The van der Waals surface area contributed by atoms with Crippen molar-refractivity contribution in [2.75, 3.05) is 13.7 Å². The van der Waals surface area contributed by atoms with Gasteiger partial charge >= 0.3 is 18.2 Å². The van der Waals surface area contributed by atoms with Crippen molar-refractivity contribution in [1.82, 2.24) is 19.5 Å². The van der Waals surface area contributed by atoms with Crippen LogP contribution in [-0.4, -0.2) is 66.2 Å². The van der Waals surface area contributed by atoms with Gasteiger partial charge in [-0.1, -0.05) is 60.2 Å². The summed E-state index contributed by atoms with van der Waals surface area (Å²) in [7, 11) is -3.19. The number of ether oxygens (including phenoxy) is 2. The van der Waals surface area contributed by atoms with Crippen LogP contribution in [0.3, 0.4) is 0 Å². The maximum atomic E-state index is 13.6. The van der Waals surface area contributed by atoms with Crippen LogP contribution in [0, 0.1) is 17.5 Å². The lowest BCUT2D eigenvalue weighted by molar-refractivity contribution is -0.715. The summed E-state index contributed by atoms with van der Waals surface area (Å²) in [5, 5.41) is 21.0. The quantitative estimate of drug-likeness (QED) is 0.0518. The lowest BCUT2D eigenvalue weighted by Crippen LogP contribution is -2.43. The number of amides is 1. The number of carbonyl (C=O) groups is 2. The minimum atomic E-state index is -4.73. The number of likely N-dealkylation sites (N-methyl/N-ethyl adjacent to an activating group) is 1. The highest BCUT2D eigenvalue weighted by Gasteiger charge is 2.35. The fourth-order valence-electron chi connectivity index (χ4n) is 4.62. The molecule has 0 saturated carbocycles. The molecule has 284 valence electrons. The number of alkyl halides is 3. The summed E-state index contributed by atoms with van der Waals surface area (Å²) in [5.41, 5.74) is 0.387. The smallest absolute Gasteiger partial charge is 0.435 e. The number of hydrogen-bond acceptors (Lipinski definition) is 10. The molecule has 53 heavy (non-hydrogen) atoms. The molecule has 2 atom stereocenters. The zero-order valence-electron chi connectivity index (χ0n) is 29.7. The van der Waals surface area contributed by atoms with Crippen LogP contribution in [0.4, 0.5) is 18.0 Å². The van der Waals surface area contributed by atoms with Gasteiger partial charge in [0.2, 0.25) is 5.28 Å². The van der Waals surface area contributed by atoms with Crippen molar-refractivity contribution >= 4 is 22.1 Å². The van der Waals surface area contributed by atoms with Crippen molar-refractivity contribution in [2.24, 2.45) is 10.7 Å². The molecule has 0 bridgehead atoms. The molecular formula is C35H39F3N6O8S. The number of rotatable bonds is 13. The monoisotopic (exact) mass is 760 g/mol. The second-order valence-corrected chi connectivity index (χ2v) is 14.7. The third kappa shape index (κ3) is 10.9. The number of esters is 1. The summed E-state index contributed by atoms with van der Waals surface area (Å²) in [5.74, 6) is -0.581. The third-order valence-electron chi connectivity index (χ3n) is 7.63. The van der Waals surface area contributed by atoms with Gasteiger partial charge in [-0.25, -0.2) is 22.6 Å². The molecule has 1 N–H and O–H groups in total. The topological polar surface area (TPSA) is 167 Å². The highest BCUT2D eigenvalue weighted by molar-refractivity contribution is 7.90. The maximum absolute atomic E-state index is 13.6. The lowest BCUT2D eigenvalue weighted by atomic mass is 9.97. The second kappa shape index (κ2) is 16.4. The highest BCUT2D eigenvalue weighted by atomic mass is 32.2. The summed E-state index contributed by atoms with van der Waals surface area (Å²) >= 11 is 0. The van der Waals surface area contributed by atoms with E-state index in [2.05, 4.69) is 10.4 Å². The number of nitrogens with one attached hydrogen (secondary N) is 1. The van der Waals surface area contributed by atoms with Crippen molar-refractivity contribution in [2.45, 2.75) is 64.4 Å². The Balaban J connectivity index is 1.46. The van der Waals surface area contributed by atoms with Crippen LogP contribution in [0.2, 0.25) is 0 Å². The molecule has 0 fully saturated rings. The molecule has 4 rings (SSSR count). The Kier molecular flexibility index (Phi) is 12.4. The van der Waals surface area contributed by atoms with Gasteiger partial charge in [0.1, 0.15) is 12.6 Å². The number of aromatic nitrogens is 2. The fourth-order valence-corrected chi connectivity index (χ4v) is 5.51. The number of sulfonamides is 1. The molecule has 1 heterocycles. The average molecular weight is 761 g/mol. The zero-order valence-corrected chi connectivity index (χ0v) is 30.5. The fraction of sp³-hybridized carbons (Fsp3) is 0.343. The molecule has 0 aliphatic heterocycles. The number of carbonyl (C=O) groups excluding carboxylic acids is 2. The van der Waals surface area contributed by atoms with Gasteiger partial charge in [0.05, 0.1) is 33.7 Å². The number of nitrogens with zero attached hydrogens (tertiary/aromatic N) is 5. The van der Waals surface area contributed by atoms with E-state index in [1.54, 1.807) is 80.1 Å². The van der Waals surface area contributed by atoms with Crippen molar-refractivity contribution in [1.29, 1.82) is 0 Å².